The number of Topliss-reactive ketones (excluding diaryl/α,β-unsaturated/α-hetero) is 1. The van der Waals surface area contributed by atoms with Crippen molar-refractivity contribution >= 4 is 51.1 Å². The smallest absolute Gasteiger partial charge is 0.337 e. The van der Waals surface area contributed by atoms with Crippen molar-refractivity contribution in [3.05, 3.63) is 59.2 Å². The molecule has 0 bridgehead atoms. The molecule has 0 radical (unpaired) electrons. The largest absolute Gasteiger partial charge is 0.478 e. The van der Waals surface area contributed by atoms with Crippen molar-refractivity contribution in [1.29, 1.82) is 0 Å². The molecule has 0 aliphatic carbocycles. The van der Waals surface area contributed by atoms with Crippen LogP contribution >= 0.6 is 11.8 Å². The lowest BCUT2D eigenvalue weighted by Gasteiger charge is -2.15. The van der Waals surface area contributed by atoms with Gasteiger partial charge in [-0.1, -0.05) is 6.07 Å². The van der Waals surface area contributed by atoms with Gasteiger partial charge in [-0.15, -0.1) is 11.8 Å². The summed E-state index contributed by atoms with van der Waals surface area (Å²) in [6.07, 6.45) is 0.339. The number of hydrogen-bond acceptors (Lipinski definition) is 8. The maximum absolute atomic E-state index is 12.8. The first-order valence-corrected chi connectivity index (χ1v) is 13.2. The standard InChI is InChI=1S/C23H24N2O8S2/c1-33-21(27)7-3-6-20(26)15-8-9-19(18(13-15)23(29)30)24-22(28)16-4-2-5-17(12-16)35(31,32)25-10-11-34-14-25/h2,4-5,8-9,12-13H,3,6-7,10-11,14H2,1H3,(H,24,28)(H,29,30). The van der Waals surface area contributed by atoms with E-state index in [2.05, 4.69) is 10.1 Å². The molecule has 35 heavy (non-hydrogen) atoms. The molecule has 1 fully saturated rings. The zero-order valence-electron chi connectivity index (χ0n) is 18.9. The third-order valence-electron chi connectivity index (χ3n) is 5.29. The number of nitrogens with zero attached hydrogens (tertiary/aromatic N) is 1. The van der Waals surface area contributed by atoms with Crippen molar-refractivity contribution in [3.8, 4) is 0 Å². The predicted octanol–water partition coefficient (Wildman–Crippen LogP) is 2.86. The quantitative estimate of drug-likeness (QED) is 0.356. The summed E-state index contributed by atoms with van der Waals surface area (Å²) in [4.78, 5) is 48.1. The average Bonchev–Trinajstić information content (AvgIpc) is 3.40. The van der Waals surface area contributed by atoms with E-state index in [0.717, 1.165) is 6.07 Å². The first-order valence-electron chi connectivity index (χ1n) is 10.6. The number of aromatic carboxylic acids is 1. The number of hydrogen-bond donors (Lipinski definition) is 2. The maximum Gasteiger partial charge on any atom is 0.337 e. The number of esters is 1. The number of sulfonamides is 1. The van der Waals surface area contributed by atoms with Crippen LogP contribution < -0.4 is 5.32 Å². The number of carboxylic acid groups (broad SMARTS) is 1. The summed E-state index contributed by atoms with van der Waals surface area (Å²) in [6.45, 7) is 0.388. The summed E-state index contributed by atoms with van der Waals surface area (Å²) in [5.74, 6) is -1.81. The molecule has 1 amide bonds. The summed E-state index contributed by atoms with van der Waals surface area (Å²) in [5.41, 5.74) is -0.174. The van der Waals surface area contributed by atoms with Crippen LogP contribution in [-0.4, -0.2) is 66.7 Å². The summed E-state index contributed by atoms with van der Waals surface area (Å²) in [5, 5.41) is 12.1. The van der Waals surface area contributed by atoms with Gasteiger partial charge in [-0.2, -0.15) is 4.31 Å². The van der Waals surface area contributed by atoms with Gasteiger partial charge >= 0.3 is 11.9 Å². The first-order chi connectivity index (χ1) is 16.6. The van der Waals surface area contributed by atoms with Crippen LogP contribution in [0.5, 0.6) is 0 Å². The van der Waals surface area contributed by atoms with Crippen molar-refractivity contribution in [2.45, 2.75) is 24.2 Å². The van der Waals surface area contributed by atoms with Gasteiger partial charge in [0.25, 0.3) is 5.91 Å². The molecule has 1 aliphatic heterocycles. The fourth-order valence-electron chi connectivity index (χ4n) is 3.37. The van der Waals surface area contributed by atoms with Crippen LogP contribution in [0.3, 0.4) is 0 Å². The molecule has 0 saturated carbocycles. The number of ketones is 1. The summed E-state index contributed by atoms with van der Waals surface area (Å²) in [7, 11) is -2.50. The van der Waals surface area contributed by atoms with E-state index < -0.39 is 27.9 Å². The van der Waals surface area contributed by atoms with Gasteiger partial charge in [-0.25, -0.2) is 13.2 Å². The number of thioether (sulfide) groups is 1. The van der Waals surface area contributed by atoms with Gasteiger partial charge in [-0.05, 0) is 42.8 Å². The van der Waals surface area contributed by atoms with Crippen LogP contribution in [0.4, 0.5) is 5.69 Å². The molecule has 0 atom stereocenters. The predicted molar refractivity (Wildman–Crippen MR) is 129 cm³/mol. The second kappa shape index (κ2) is 11.5. The highest BCUT2D eigenvalue weighted by Gasteiger charge is 2.28. The van der Waals surface area contributed by atoms with Gasteiger partial charge in [0.2, 0.25) is 10.0 Å². The zero-order valence-corrected chi connectivity index (χ0v) is 20.5. The molecule has 10 nitrogen and oxygen atoms in total. The third kappa shape index (κ3) is 6.47. The average molecular weight is 521 g/mol. The van der Waals surface area contributed by atoms with Gasteiger partial charge in [0.15, 0.2) is 5.78 Å². The van der Waals surface area contributed by atoms with Gasteiger partial charge in [0, 0.05) is 36.3 Å². The van der Waals surface area contributed by atoms with Crippen molar-refractivity contribution in [2.24, 2.45) is 0 Å². The van der Waals surface area contributed by atoms with Gasteiger partial charge in [-0.3, -0.25) is 14.4 Å². The Balaban J connectivity index is 1.77. The normalized spacial score (nSPS) is 13.9. The van der Waals surface area contributed by atoms with Crippen molar-refractivity contribution in [2.75, 3.05) is 30.6 Å². The zero-order chi connectivity index (χ0) is 25.6. The molecular formula is C23H24N2O8S2. The Morgan fingerprint density at radius 1 is 1.09 bits per heavy atom. The Hall–Kier alpha value is -3.22. The molecule has 2 N–H and O–H groups in total. The number of ether oxygens (including phenoxy) is 1. The summed E-state index contributed by atoms with van der Waals surface area (Å²) in [6, 6.07) is 9.35. The minimum Gasteiger partial charge on any atom is -0.478 e. The fourth-order valence-corrected chi connectivity index (χ4v) is 6.23. The van der Waals surface area contributed by atoms with E-state index in [9.17, 15) is 32.7 Å². The number of amides is 1. The van der Waals surface area contributed by atoms with Gasteiger partial charge in [0.1, 0.15) is 0 Å². The molecule has 0 spiro atoms. The highest BCUT2D eigenvalue weighted by atomic mass is 32.2. The van der Waals surface area contributed by atoms with Gasteiger partial charge in [0.05, 0.1) is 29.1 Å². The number of carbonyl (C=O) groups is 4. The lowest BCUT2D eigenvalue weighted by atomic mass is 10.0. The third-order valence-corrected chi connectivity index (χ3v) is 8.26. The second-order valence-electron chi connectivity index (χ2n) is 7.62. The Kier molecular flexibility index (Phi) is 8.65. The van der Waals surface area contributed by atoms with Crippen LogP contribution in [0.25, 0.3) is 0 Å². The highest BCUT2D eigenvalue weighted by molar-refractivity contribution is 8.00. The minimum absolute atomic E-state index is 0.0245. The van der Waals surface area contributed by atoms with Crippen molar-refractivity contribution in [1.82, 2.24) is 4.31 Å². The number of carboxylic acids is 1. The van der Waals surface area contributed by atoms with Crippen LogP contribution in [0.1, 0.15) is 50.3 Å². The van der Waals surface area contributed by atoms with Crippen molar-refractivity contribution < 1.29 is 37.4 Å². The first kappa shape index (κ1) is 26.4. The minimum atomic E-state index is -3.75. The van der Waals surface area contributed by atoms with E-state index in [1.807, 2.05) is 0 Å². The number of nitrogens with one attached hydrogen (secondary N) is 1. The summed E-state index contributed by atoms with van der Waals surface area (Å²) < 4.78 is 31.4. The number of anilines is 1. The lowest BCUT2D eigenvalue weighted by Crippen LogP contribution is -2.28. The SMILES string of the molecule is COC(=O)CCCC(=O)c1ccc(NC(=O)c2cccc(S(=O)(=O)N3CCSC3)c2)c(C(=O)O)c1. The highest BCUT2D eigenvalue weighted by Crippen LogP contribution is 2.25. The molecule has 0 aromatic heterocycles. The molecule has 1 heterocycles. The number of carbonyl (C=O) groups excluding carboxylic acids is 3. The molecule has 2 aromatic rings. The lowest BCUT2D eigenvalue weighted by molar-refractivity contribution is -0.140. The van der Waals surface area contributed by atoms with Crippen LogP contribution in [-0.2, 0) is 19.6 Å². The van der Waals surface area contributed by atoms with Crippen LogP contribution in [0.2, 0.25) is 0 Å². The second-order valence-corrected chi connectivity index (χ2v) is 10.6. The number of rotatable bonds is 10. The fraction of sp³-hybridized carbons (Fsp3) is 0.304. The number of benzene rings is 2. The Morgan fingerprint density at radius 3 is 2.51 bits per heavy atom. The van der Waals surface area contributed by atoms with E-state index in [-0.39, 0.29) is 52.3 Å². The van der Waals surface area contributed by atoms with Crippen LogP contribution in [0, 0.1) is 0 Å². The monoisotopic (exact) mass is 520 g/mol. The molecule has 186 valence electrons. The van der Waals surface area contributed by atoms with Gasteiger partial charge < -0.3 is 15.2 Å². The van der Waals surface area contributed by atoms with E-state index >= 15 is 0 Å². The van der Waals surface area contributed by atoms with E-state index in [4.69, 9.17) is 0 Å². The molecular weight excluding hydrogens is 496 g/mol. The molecule has 3 rings (SSSR count). The van der Waals surface area contributed by atoms with E-state index in [1.54, 1.807) is 0 Å². The van der Waals surface area contributed by atoms with Crippen LogP contribution in [0.15, 0.2) is 47.4 Å². The molecule has 2 aromatic carbocycles. The number of methoxy groups -OCH3 is 1. The van der Waals surface area contributed by atoms with E-state index in [1.165, 1.54) is 59.6 Å². The molecule has 1 aliphatic rings. The van der Waals surface area contributed by atoms with E-state index in [0.29, 0.717) is 18.2 Å². The summed E-state index contributed by atoms with van der Waals surface area (Å²) >= 11 is 1.50. The molecule has 0 unspecified atom stereocenters. The molecule has 12 heteroatoms. The Morgan fingerprint density at radius 2 is 1.86 bits per heavy atom. The Labute approximate surface area is 206 Å². The molecule has 1 saturated heterocycles. The Bertz CT molecular complexity index is 1250. The topological polar surface area (TPSA) is 147 Å². The van der Waals surface area contributed by atoms with Crippen molar-refractivity contribution in [3.63, 3.8) is 0 Å². The maximum atomic E-state index is 12.8.